The fourth-order valence-corrected chi connectivity index (χ4v) is 4.45. The molecule has 0 aromatic heterocycles. The third kappa shape index (κ3) is 5.53. The van der Waals surface area contributed by atoms with Gasteiger partial charge in [0.15, 0.2) is 23.2 Å². The molecule has 0 bridgehead atoms. The van der Waals surface area contributed by atoms with Crippen LogP contribution in [0.25, 0.3) is 6.08 Å². The zero-order valence-electron chi connectivity index (χ0n) is 20.5. The number of ether oxygens (including phenoxy) is 3. The largest absolute Gasteiger partial charge is 0.493 e. The molecular weight excluding hydrogens is 528 g/mol. The van der Waals surface area contributed by atoms with E-state index in [0.717, 1.165) is 0 Å². The predicted molar refractivity (Wildman–Crippen MR) is 149 cm³/mol. The number of hydrogen-bond donors (Lipinski definition) is 0. The Bertz CT molecular complexity index is 1350. The molecule has 1 aliphatic rings. The minimum Gasteiger partial charge on any atom is -0.493 e. The SMILES string of the molecule is CCOC(=O)COc1c(Cl)cc(C=C2C(=O)N(c3ccccc3)C(=S)N(c3ccccc3)C2=O)cc1OC. The maximum atomic E-state index is 13.7. The Labute approximate surface area is 230 Å². The first-order chi connectivity index (χ1) is 18.3. The fourth-order valence-electron chi connectivity index (χ4n) is 3.80. The van der Waals surface area contributed by atoms with E-state index in [0.29, 0.717) is 16.9 Å². The molecule has 4 rings (SSSR count). The topological polar surface area (TPSA) is 85.4 Å². The summed E-state index contributed by atoms with van der Waals surface area (Å²) in [6, 6.07) is 20.7. The minimum atomic E-state index is -0.587. The van der Waals surface area contributed by atoms with Crippen molar-refractivity contribution in [3.8, 4) is 11.5 Å². The van der Waals surface area contributed by atoms with E-state index in [-0.39, 0.29) is 40.4 Å². The van der Waals surface area contributed by atoms with Gasteiger partial charge in [0.2, 0.25) is 0 Å². The molecule has 10 heteroatoms. The van der Waals surface area contributed by atoms with E-state index >= 15 is 0 Å². The molecule has 38 heavy (non-hydrogen) atoms. The van der Waals surface area contributed by atoms with Gasteiger partial charge in [-0.15, -0.1) is 0 Å². The van der Waals surface area contributed by atoms with Crippen LogP contribution in [0.15, 0.2) is 78.4 Å². The number of halogens is 1. The molecule has 0 atom stereocenters. The van der Waals surface area contributed by atoms with Crippen molar-refractivity contribution in [1.29, 1.82) is 0 Å². The van der Waals surface area contributed by atoms with Crippen LogP contribution in [0, 0.1) is 0 Å². The van der Waals surface area contributed by atoms with Crippen molar-refractivity contribution < 1.29 is 28.6 Å². The molecule has 0 radical (unpaired) electrons. The molecule has 194 valence electrons. The number of carbonyl (C=O) groups is 3. The van der Waals surface area contributed by atoms with E-state index in [1.165, 1.54) is 29.1 Å². The molecule has 1 fully saturated rings. The summed E-state index contributed by atoms with van der Waals surface area (Å²) in [5.74, 6) is -1.40. The van der Waals surface area contributed by atoms with Gasteiger partial charge in [0.25, 0.3) is 11.8 Å². The van der Waals surface area contributed by atoms with Gasteiger partial charge in [-0.1, -0.05) is 48.0 Å². The number of hydrogen-bond acceptors (Lipinski definition) is 7. The number of carbonyl (C=O) groups excluding carboxylic acids is 3. The highest BCUT2D eigenvalue weighted by Gasteiger charge is 2.41. The van der Waals surface area contributed by atoms with Crippen LogP contribution in [-0.4, -0.2) is 43.2 Å². The molecule has 3 aromatic carbocycles. The van der Waals surface area contributed by atoms with Gasteiger partial charge in [0.05, 0.1) is 30.1 Å². The number of anilines is 2. The van der Waals surface area contributed by atoms with E-state index in [1.807, 2.05) is 12.1 Å². The first-order valence-electron chi connectivity index (χ1n) is 11.6. The van der Waals surface area contributed by atoms with Gasteiger partial charge in [0.1, 0.15) is 5.57 Å². The second kappa shape index (κ2) is 11.9. The molecule has 3 aromatic rings. The molecular formula is C28H23ClN2O6S. The van der Waals surface area contributed by atoms with E-state index in [9.17, 15) is 14.4 Å². The Hall–Kier alpha value is -4.21. The zero-order valence-corrected chi connectivity index (χ0v) is 22.1. The highest BCUT2D eigenvalue weighted by molar-refractivity contribution is 7.81. The van der Waals surface area contributed by atoms with Gasteiger partial charge in [-0.25, -0.2) is 4.79 Å². The molecule has 8 nitrogen and oxygen atoms in total. The smallest absolute Gasteiger partial charge is 0.344 e. The van der Waals surface area contributed by atoms with E-state index < -0.39 is 17.8 Å². The lowest BCUT2D eigenvalue weighted by Gasteiger charge is -2.36. The van der Waals surface area contributed by atoms with Gasteiger partial charge in [-0.3, -0.25) is 19.4 Å². The van der Waals surface area contributed by atoms with Crippen LogP contribution >= 0.6 is 23.8 Å². The average molecular weight is 551 g/mol. The fraction of sp³-hybridized carbons (Fsp3) is 0.143. The quantitative estimate of drug-likeness (QED) is 0.168. The van der Waals surface area contributed by atoms with Gasteiger partial charge >= 0.3 is 5.97 Å². The molecule has 2 amide bonds. The van der Waals surface area contributed by atoms with Crippen molar-refractivity contribution in [2.45, 2.75) is 6.92 Å². The molecule has 0 unspecified atom stereocenters. The molecule has 1 saturated heterocycles. The van der Waals surface area contributed by atoms with Crippen LogP contribution in [0.5, 0.6) is 11.5 Å². The van der Waals surface area contributed by atoms with Crippen molar-refractivity contribution in [2.24, 2.45) is 0 Å². The van der Waals surface area contributed by atoms with Crippen molar-refractivity contribution in [3.63, 3.8) is 0 Å². The molecule has 1 heterocycles. The summed E-state index contributed by atoms with van der Waals surface area (Å²) < 4.78 is 15.8. The highest BCUT2D eigenvalue weighted by Crippen LogP contribution is 2.38. The standard InChI is InChI=1S/C28H23ClN2O6S/c1-3-36-24(32)17-37-25-22(29)15-18(16-23(25)35-2)14-21-26(33)30(19-10-6-4-7-11-19)28(38)31(27(21)34)20-12-8-5-9-13-20/h4-16H,3,17H2,1-2H3. The number of thiocarbonyl (C=S) groups is 1. The summed E-state index contributed by atoms with van der Waals surface area (Å²) in [7, 11) is 1.41. The zero-order chi connectivity index (χ0) is 27.2. The van der Waals surface area contributed by atoms with E-state index in [2.05, 4.69) is 0 Å². The van der Waals surface area contributed by atoms with Crippen LogP contribution in [0.1, 0.15) is 12.5 Å². The monoisotopic (exact) mass is 550 g/mol. The Morgan fingerprint density at radius 2 is 1.50 bits per heavy atom. The highest BCUT2D eigenvalue weighted by atomic mass is 35.5. The first kappa shape index (κ1) is 26.8. The maximum Gasteiger partial charge on any atom is 0.344 e. The van der Waals surface area contributed by atoms with Crippen LogP contribution in [0.3, 0.4) is 0 Å². The van der Waals surface area contributed by atoms with E-state index in [4.69, 9.17) is 38.0 Å². The second-order valence-corrected chi connectivity index (χ2v) is 8.69. The van der Waals surface area contributed by atoms with Crippen molar-refractivity contribution in [2.75, 3.05) is 30.1 Å². The number of nitrogens with zero attached hydrogens (tertiary/aromatic N) is 2. The maximum absolute atomic E-state index is 13.7. The Morgan fingerprint density at radius 1 is 0.947 bits per heavy atom. The number of esters is 1. The first-order valence-corrected chi connectivity index (χ1v) is 12.3. The number of rotatable bonds is 8. The number of methoxy groups -OCH3 is 1. The van der Waals surface area contributed by atoms with Crippen molar-refractivity contribution in [1.82, 2.24) is 0 Å². The average Bonchev–Trinajstić information content (AvgIpc) is 2.91. The second-order valence-electron chi connectivity index (χ2n) is 7.92. The molecule has 0 aliphatic carbocycles. The molecule has 0 saturated carbocycles. The van der Waals surface area contributed by atoms with Crippen LogP contribution < -0.4 is 19.3 Å². The molecule has 0 N–H and O–H groups in total. The minimum absolute atomic E-state index is 0.0351. The Balaban J connectivity index is 1.77. The van der Waals surface area contributed by atoms with Crippen molar-refractivity contribution >= 4 is 64.2 Å². The number of amides is 2. The normalized spacial score (nSPS) is 13.4. The van der Waals surface area contributed by atoms with Crippen LogP contribution in [0.2, 0.25) is 5.02 Å². The number of benzene rings is 3. The van der Waals surface area contributed by atoms with Gasteiger partial charge in [-0.2, -0.15) is 0 Å². The van der Waals surface area contributed by atoms with Crippen LogP contribution in [-0.2, 0) is 19.1 Å². The predicted octanol–water partition coefficient (Wildman–Crippen LogP) is 5.04. The summed E-state index contributed by atoms with van der Waals surface area (Å²) in [4.78, 5) is 41.6. The van der Waals surface area contributed by atoms with Crippen molar-refractivity contribution in [3.05, 3.63) is 89.0 Å². The molecule has 1 aliphatic heterocycles. The van der Waals surface area contributed by atoms with Gasteiger partial charge in [-0.05, 0) is 67.2 Å². The summed E-state index contributed by atoms with van der Waals surface area (Å²) in [5.41, 5.74) is 1.30. The lowest BCUT2D eigenvalue weighted by Crippen LogP contribution is -2.56. The van der Waals surface area contributed by atoms with Gasteiger partial charge < -0.3 is 14.2 Å². The summed E-state index contributed by atoms with van der Waals surface area (Å²) in [5, 5.41) is 0.152. The summed E-state index contributed by atoms with van der Waals surface area (Å²) >= 11 is 12.1. The molecule has 0 spiro atoms. The third-order valence-corrected chi connectivity index (χ3v) is 6.13. The lowest BCUT2D eigenvalue weighted by molar-refractivity contribution is -0.145. The van der Waals surface area contributed by atoms with Gasteiger partial charge in [0, 0.05) is 0 Å². The summed E-state index contributed by atoms with van der Waals surface area (Å²) in [6.45, 7) is 1.54. The Morgan fingerprint density at radius 3 is 2.00 bits per heavy atom. The van der Waals surface area contributed by atoms with Crippen LogP contribution in [0.4, 0.5) is 11.4 Å². The third-order valence-electron chi connectivity index (χ3n) is 5.48. The lowest BCUT2D eigenvalue weighted by atomic mass is 10.0. The Kier molecular flexibility index (Phi) is 8.40. The number of para-hydroxylation sites is 2. The summed E-state index contributed by atoms with van der Waals surface area (Å²) in [6.07, 6.45) is 1.42. The van der Waals surface area contributed by atoms with E-state index in [1.54, 1.807) is 61.5 Å².